The number of phenolic OH excluding ortho intramolecular Hbond substituents is 1. The van der Waals surface area contributed by atoms with Crippen molar-refractivity contribution in [3.63, 3.8) is 0 Å². The van der Waals surface area contributed by atoms with Crippen LogP contribution in [0, 0.1) is 0 Å². The third-order valence-corrected chi connectivity index (χ3v) is 3.34. The van der Waals surface area contributed by atoms with Crippen molar-refractivity contribution in [3.8, 4) is 16.9 Å². The molecule has 1 aromatic carbocycles. The molecule has 3 nitrogen and oxygen atoms in total. The van der Waals surface area contributed by atoms with Gasteiger partial charge in [-0.3, -0.25) is 4.79 Å². The Morgan fingerprint density at radius 1 is 1.38 bits per heavy atom. The number of Topliss-reactive ketones (excluding diaryl/α,β-unsaturated/α-hetero) is 1. The lowest BCUT2D eigenvalue weighted by atomic mass is 10.0. The van der Waals surface area contributed by atoms with Crippen molar-refractivity contribution in [2.45, 2.75) is 6.92 Å². The fraction of sp³-hybridized carbons (Fsp3) is 0.0833. The first-order chi connectivity index (χ1) is 7.61. The molecule has 0 aliphatic rings. The normalized spacial score (nSPS) is 10.3. The van der Waals surface area contributed by atoms with E-state index in [1.165, 1.54) is 18.3 Å². The van der Waals surface area contributed by atoms with E-state index in [0.717, 1.165) is 0 Å². The van der Waals surface area contributed by atoms with Crippen molar-refractivity contribution in [1.29, 1.82) is 0 Å². The van der Waals surface area contributed by atoms with Crippen LogP contribution in [0.25, 0.3) is 11.1 Å². The van der Waals surface area contributed by atoms with E-state index in [9.17, 15) is 9.90 Å². The summed E-state index contributed by atoms with van der Waals surface area (Å²) in [5.74, 6) is 0.0774. The van der Waals surface area contributed by atoms with E-state index in [1.807, 2.05) is 5.38 Å². The largest absolute Gasteiger partial charge is 0.507 e. The van der Waals surface area contributed by atoms with Gasteiger partial charge in [0.2, 0.25) is 0 Å². The zero-order valence-corrected chi connectivity index (χ0v) is 9.54. The first-order valence-corrected chi connectivity index (χ1v) is 5.65. The van der Waals surface area contributed by atoms with Gasteiger partial charge in [-0.15, -0.1) is 11.3 Å². The van der Waals surface area contributed by atoms with Crippen LogP contribution in [0.2, 0.25) is 0 Å². The number of nitrogens with two attached hydrogens (primary N) is 1. The van der Waals surface area contributed by atoms with Crippen LogP contribution in [0.4, 0.5) is 5.69 Å². The SMILES string of the molecule is CC(=O)c1sccc1-c1c(N)cccc1O. The lowest BCUT2D eigenvalue weighted by Crippen LogP contribution is -1.94. The summed E-state index contributed by atoms with van der Waals surface area (Å²) in [5.41, 5.74) is 7.53. The Hall–Kier alpha value is -1.81. The lowest BCUT2D eigenvalue weighted by Gasteiger charge is -2.07. The van der Waals surface area contributed by atoms with Crippen molar-refractivity contribution in [3.05, 3.63) is 34.5 Å². The second kappa shape index (κ2) is 3.98. The summed E-state index contributed by atoms with van der Waals surface area (Å²) in [7, 11) is 0. The minimum Gasteiger partial charge on any atom is -0.507 e. The quantitative estimate of drug-likeness (QED) is 0.619. The fourth-order valence-electron chi connectivity index (χ4n) is 1.63. The number of anilines is 1. The van der Waals surface area contributed by atoms with Gasteiger partial charge in [0.05, 0.1) is 4.88 Å². The van der Waals surface area contributed by atoms with E-state index in [2.05, 4.69) is 0 Å². The molecular formula is C12H11NO2S. The number of carbonyl (C=O) groups is 1. The molecule has 0 atom stereocenters. The third-order valence-electron chi connectivity index (χ3n) is 2.33. The number of aromatic hydroxyl groups is 1. The first kappa shape index (κ1) is 10.7. The van der Waals surface area contributed by atoms with Crippen LogP contribution in [0.1, 0.15) is 16.6 Å². The molecule has 3 N–H and O–H groups in total. The molecule has 16 heavy (non-hydrogen) atoms. The van der Waals surface area contributed by atoms with Gasteiger partial charge in [0.15, 0.2) is 5.78 Å². The van der Waals surface area contributed by atoms with Gasteiger partial charge in [-0.05, 0) is 30.5 Å². The maximum absolute atomic E-state index is 11.4. The minimum absolute atomic E-state index is 0.0207. The highest BCUT2D eigenvalue weighted by Gasteiger charge is 2.15. The Bertz CT molecular complexity index is 525. The van der Waals surface area contributed by atoms with Crippen LogP contribution >= 0.6 is 11.3 Å². The summed E-state index contributed by atoms with van der Waals surface area (Å²) in [6, 6.07) is 6.74. The summed E-state index contributed by atoms with van der Waals surface area (Å²) >= 11 is 1.35. The summed E-state index contributed by atoms with van der Waals surface area (Å²) in [5, 5.41) is 11.6. The lowest BCUT2D eigenvalue weighted by molar-refractivity contribution is 0.102. The van der Waals surface area contributed by atoms with E-state index in [0.29, 0.717) is 21.7 Å². The number of rotatable bonds is 2. The second-order valence-electron chi connectivity index (χ2n) is 3.46. The van der Waals surface area contributed by atoms with E-state index in [4.69, 9.17) is 5.73 Å². The summed E-state index contributed by atoms with van der Waals surface area (Å²) in [6.45, 7) is 1.51. The number of thiophene rings is 1. The highest BCUT2D eigenvalue weighted by atomic mass is 32.1. The van der Waals surface area contributed by atoms with Crippen LogP contribution in [0.3, 0.4) is 0 Å². The Morgan fingerprint density at radius 3 is 2.75 bits per heavy atom. The third kappa shape index (κ3) is 1.67. The number of hydrogen-bond acceptors (Lipinski definition) is 4. The molecule has 0 unspecified atom stereocenters. The molecule has 82 valence electrons. The van der Waals surface area contributed by atoms with Gasteiger partial charge in [0.1, 0.15) is 5.75 Å². The summed E-state index contributed by atoms with van der Waals surface area (Å²) in [4.78, 5) is 12.0. The Kier molecular flexibility index (Phi) is 2.66. The van der Waals surface area contributed by atoms with Gasteiger partial charge in [0.25, 0.3) is 0 Å². The smallest absolute Gasteiger partial charge is 0.170 e. The topological polar surface area (TPSA) is 63.3 Å². The molecule has 0 aliphatic heterocycles. The molecule has 1 aromatic heterocycles. The average Bonchev–Trinajstić information content (AvgIpc) is 2.66. The van der Waals surface area contributed by atoms with Gasteiger partial charge in [-0.25, -0.2) is 0 Å². The number of carbonyl (C=O) groups excluding carboxylic acids is 1. The number of ketones is 1. The van der Waals surface area contributed by atoms with Crippen LogP contribution in [-0.4, -0.2) is 10.9 Å². The molecule has 0 saturated heterocycles. The molecule has 2 rings (SSSR count). The molecule has 4 heteroatoms. The van der Waals surface area contributed by atoms with Crippen molar-refractivity contribution in [2.24, 2.45) is 0 Å². The van der Waals surface area contributed by atoms with E-state index < -0.39 is 0 Å². The van der Waals surface area contributed by atoms with E-state index in [-0.39, 0.29) is 11.5 Å². The maximum Gasteiger partial charge on any atom is 0.170 e. The fourth-order valence-corrected chi connectivity index (χ4v) is 2.43. The Morgan fingerprint density at radius 2 is 2.12 bits per heavy atom. The van der Waals surface area contributed by atoms with Gasteiger partial charge in [-0.2, -0.15) is 0 Å². The van der Waals surface area contributed by atoms with Gasteiger partial charge < -0.3 is 10.8 Å². The molecular weight excluding hydrogens is 222 g/mol. The van der Waals surface area contributed by atoms with Gasteiger partial charge in [0, 0.05) is 16.8 Å². The molecule has 0 bridgehead atoms. The molecule has 2 aromatic rings. The zero-order valence-electron chi connectivity index (χ0n) is 8.73. The maximum atomic E-state index is 11.4. The van der Waals surface area contributed by atoms with Gasteiger partial charge in [-0.1, -0.05) is 6.07 Å². The number of nitrogen functional groups attached to an aromatic ring is 1. The number of benzene rings is 1. The monoisotopic (exact) mass is 233 g/mol. The Labute approximate surface area is 97.2 Å². The number of hydrogen-bond donors (Lipinski definition) is 2. The Balaban J connectivity index is 2.68. The van der Waals surface area contributed by atoms with Crippen LogP contribution in [0.15, 0.2) is 29.6 Å². The molecule has 0 spiro atoms. The first-order valence-electron chi connectivity index (χ1n) is 4.77. The molecule has 0 saturated carbocycles. The van der Waals surface area contributed by atoms with E-state index >= 15 is 0 Å². The summed E-state index contributed by atoms with van der Waals surface area (Å²) < 4.78 is 0. The average molecular weight is 233 g/mol. The molecule has 0 radical (unpaired) electrons. The van der Waals surface area contributed by atoms with E-state index in [1.54, 1.807) is 24.3 Å². The molecule has 1 heterocycles. The number of phenols is 1. The van der Waals surface area contributed by atoms with Crippen molar-refractivity contribution >= 4 is 22.8 Å². The van der Waals surface area contributed by atoms with Gasteiger partial charge >= 0.3 is 0 Å². The van der Waals surface area contributed by atoms with Crippen molar-refractivity contribution in [2.75, 3.05) is 5.73 Å². The highest BCUT2D eigenvalue weighted by Crippen LogP contribution is 2.38. The van der Waals surface area contributed by atoms with Crippen LogP contribution < -0.4 is 5.73 Å². The van der Waals surface area contributed by atoms with Crippen molar-refractivity contribution < 1.29 is 9.90 Å². The van der Waals surface area contributed by atoms with Crippen molar-refractivity contribution in [1.82, 2.24) is 0 Å². The summed E-state index contributed by atoms with van der Waals surface area (Å²) in [6.07, 6.45) is 0. The second-order valence-corrected chi connectivity index (χ2v) is 4.38. The van der Waals surface area contributed by atoms with Crippen LogP contribution in [-0.2, 0) is 0 Å². The highest BCUT2D eigenvalue weighted by molar-refractivity contribution is 7.12. The predicted molar refractivity (Wildman–Crippen MR) is 65.8 cm³/mol. The molecule has 0 aliphatic carbocycles. The predicted octanol–water partition coefficient (Wildman–Crippen LogP) is 2.91. The molecule has 0 amide bonds. The van der Waals surface area contributed by atoms with Crippen LogP contribution in [0.5, 0.6) is 5.75 Å². The molecule has 0 fully saturated rings. The minimum atomic E-state index is -0.0207. The zero-order chi connectivity index (χ0) is 11.7. The standard InChI is InChI=1S/C12H11NO2S/c1-7(14)12-8(5-6-16-12)11-9(13)3-2-4-10(11)15/h2-6,15H,13H2,1H3.